The summed E-state index contributed by atoms with van der Waals surface area (Å²) in [6.45, 7) is 8.68. The van der Waals surface area contributed by atoms with Gasteiger partial charge in [-0.3, -0.25) is 4.79 Å². The van der Waals surface area contributed by atoms with Crippen molar-refractivity contribution in [1.82, 2.24) is 0 Å². The Kier molecular flexibility index (Phi) is 2.92. The zero-order valence-corrected chi connectivity index (χ0v) is 11.8. The van der Waals surface area contributed by atoms with Crippen molar-refractivity contribution >= 4 is 11.9 Å². The highest BCUT2D eigenvalue weighted by Gasteiger charge is 2.62. The van der Waals surface area contributed by atoms with Crippen LogP contribution in [-0.2, 0) is 28.5 Å². The average molecular weight is 282 g/mol. The molecule has 110 valence electrons. The summed E-state index contributed by atoms with van der Waals surface area (Å²) < 4.78 is 22.3. The van der Waals surface area contributed by atoms with Gasteiger partial charge in [0.25, 0.3) is 0 Å². The smallest absolute Gasteiger partial charge is 0.333 e. The largest absolute Gasteiger partial charge is 0.459 e. The van der Waals surface area contributed by atoms with Crippen molar-refractivity contribution in [3.63, 3.8) is 0 Å². The molecular formula is C14H18O6. The number of ether oxygens (including phenoxy) is 4. The second kappa shape index (κ2) is 4.30. The van der Waals surface area contributed by atoms with Gasteiger partial charge in [0, 0.05) is 12.0 Å². The third-order valence-corrected chi connectivity index (χ3v) is 3.90. The van der Waals surface area contributed by atoms with Crippen LogP contribution in [0.15, 0.2) is 12.2 Å². The van der Waals surface area contributed by atoms with E-state index in [1.807, 2.05) is 0 Å². The number of rotatable bonds is 2. The fourth-order valence-electron chi connectivity index (χ4n) is 3.06. The molecule has 1 saturated carbocycles. The molecule has 0 spiro atoms. The van der Waals surface area contributed by atoms with Crippen molar-refractivity contribution in [3.8, 4) is 0 Å². The summed E-state index contributed by atoms with van der Waals surface area (Å²) in [6.07, 6.45) is -1.49. The van der Waals surface area contributed by atoms with Gasteiger partial charge in [-0.25, -0.2) is 4.79 Å². The fourth-order valence-corrected chi connectivity index (χ4v) is 3.06. The Bertz CT molecular complexity index is 482. The van der Waals surface area contributed by atoms with Gasteiger partial charge >= 0.3 is 11.9 Å². The normalized spacial score (nSPS) is 41.0. The van der Waals surface area contributed by atoms with Crippen LogP contribution in [-0.4, -0.2) is 42.1 Å². The van der Waals surface area contributed by atoms with E-state index < -0.39 is 36.0 Å². The maximum absolute atomic E-state index is 11.9. The number of fused-ring (bicyclic) bond motifs is 6. The van der Waals surface area contributed by atoms with Crippen molar-refractivity contribution in [2.75, 3.05) is 0 Å². The quantitative estimate of drug-likeness (QED) is 0.554. The van der Waals surface area contributed by atoms with Gasteiger partial charge in [0.2, 0.25) is 0 Å². The molecule has 0 aromatic carbocycles. The molecule has 6 heteroatoms. The third-order valence-electron chi connectivity index (χ3n) is 3.90. The van der Waals surface area contributed by atoms with E-state index in [1.54, 1.807) is 20.8 Å². The summed E-state index contributed by atoms with van der Waals surface area (Å²) in [7, 11) is 0. The molecule has 5 atom stereocenters. The Morgan fingerprint density at radius 3 is 2.65 bits per heavy atom. The second-order valence-corrected chi connectivity index (χ2v) is 6.03. The number of esters is 2. The van der Waals surface area contributed by atoms with Gasteiger partial charge in [-0.15, -0.1) is 0 Å². The summed E-state index contributed by atoms with van der Waals surface area (Å²) in [6, 6.07) is 0. The highest BCUT2D eigenvalue weighted by Crippen LogP contribution is 2.45. The van der Waals surface area contributed by atoms with Crippen LogP contribution < -0.4 is 0 Å². The van der Waals surface area contributed by atoms with Crippen LogP contribution in [0.1, 0.15) is 27.2 Å². The minimum absolute atomic E-state index is 0.299. The van der Waals surface area contributed by atoms with E-state index in [4.69, 9.17) is 18.9 Å². The predicted octanol–water partition coefficient (Wildman–Crippen LogP) is 0.940. The molecule has 20 heavy (non-hydrogen) atoms. The van der Waals surface area contributed by atoms with Gasteiger partial charge in [0.05, 0.1) is 5.92 Å². The molecule has 2 saturated heterocycles. The maximum Gasteiger partial charge on any atom is 0.333 e. The molecule has 2 heterocycles. The first-order valence-electron chi connectivity index (χ1n) is 6.71. The molecule has 0 aromatic rings. The van der Waals surface area contributed by atoms with Gasteiger partial charge in [0.1, 0.15) is 18.3 Å². The lowest BCUT2D eigenvalue weighted by Crippen LogP contribution is -2.63. The zero-order chi connectivity index (χ0) is 14.7. The molecule has 6 nitrogen and oxygen atoms in total. The molecule has 4 bridgehead atoms. The molecule has 0 radical (unpaired) electrons. The van der Waals surface area contributed by atoms with Crippen LogP contribution in [0.5, 0.6) is 0 Å². The molecule has 2 aliphatic heterocycles. The minimum Gasteiger partial charge on any atom is -0.459 e. The highest BCUT2D eigenvalue weighted by atomic mass is 16.7. The van der Waals surface area contributed by atoms with Crippen LogP contribution in [0, 0.1) is 5.92 Å². The van der Waals surface area contributed by atoms with E-state index in [1.165, 1.54) is 0 Å². The van der Waals surface area contributed by atoms with E-state index in [9.17, 15) is 9.59 Å². The zero-order valence-electron chi connectivity index (χ0n) is 11.8. The van der Waals surface area contributed by atoms with Gasteiger partial charge < -0.3 is 18.9 Å². The fraction of sp³-hybridized carbons (Fsp3) is 0.714. The predicted molar refractivity (Wildman–Crippen MR) is 66.5 cm³/mol. The van der Waals surface area contributed by atoms with E-state index in [0.29, 0.717) is 12.0 Å². The van der Waals surface area contributed by atoms with Crippen molar-refractivity contribution in [2.24, 2.45) is 5.92 Å². The second-order valence-electron chi connectivity index (χ2n) is 6.03. The lowest BCUT2D eigenvalue weighted by molar-refractivity contribution is -0.355. The summed E-state index contributed by atoms with van der Waals surface area (Å²) >= 11 is 0. The summed E-state index contributed by atoms with van der Waals surface area (Å²) in [5.41, 5.74) is 0.299. The standard InChI is InChI=1S/C14H18O6/c1-6(2)12(15)18-11-9-7-5-8(17-13(7)16)10(11)20-14(3,4)19-9/h7-11H,1,5H2,2-4H3. The third kappa shape index (κ3) is 2.03. The molecule has 0 N–H and O–H groups in total. The molecule has 3 rings (SSSR count). The van der Waals surface area contributed by atoms with E-state index in [-0.39, 0.29) is 12.1 Å². The highest BCUT2D eigenvalue weighted by molar-refractivity contribution is 5.87. The van der Waals surface area contributed by atoms with Crippen LogP contribution in [0.2, 0.25) is 0 Å². The Morgan fingerprint density at radius 1 is 1.35 bits per heavy atom. The molecular weight excluding hydrogens is 264 g/mol. The van der Waals surface area contributed by atoms with E-state index in [0.717, 1.165) is 0 Å². The first kappa shape index (κ1) is 13.6. The summed E-state index contributed by atoms with van der Waals surface area (Å²) in [5.74, 6) is -2.04. The molecule has 0 aromatic heterocycles. The topological polar surface area (TPSA) is 71.1 Å². The Labute approximate surface area is 117 Å². The van der Waals surface area contributed by atoms with E-state index in [2.05, 4.69) is 6.58 Å². The summed E-state index contributed by atoms with van der Waals surface area (Å²) in [4.78, 5) is 23.6. The van der Waals surface area contributed by atoms with Gasteiger partial charge in [-0.2, -0.15) is 0 Å². The lowest BCUT2D eigenvalue weighted by Gasteiger charge is -2.49. The molecule has 5 unspecified atom stereocenters. The van der Waals surface area contributed by atoms with Crippen LogP contribution in [0.3, 0.4) is 0 Å². The Balaban J connectivity index is 1.90. The molecule has 3 fully saturated rings. The van der Waals surface area contributed by atoms with Crippen LogP contribution in [0.4, 0.5) is 0 Å². The van der Waals surface area contributed by atoms with Gasteiger partial charge in [-0.1, -0.05) is 6.58 Å². The van der Waals surface area contributed by atoms with Crippen molar-refractivity contribution < 1.29 is 28.5 Å². The van der Waals surface area contributed by atoms with Gasteiger partial charge in [0.15, 0.2) is 11.9 Å². The Hall–Kier alpha value is -1.40. The number of carbonyl (C=O) groups is 2. The number of carbonyl (C=O) groups excluding carboxylic acids is 2. The van der Waals surface area contributed by atoms with Crippen molar-refractivity contribution in [3.05, 3.63) is 12.2 Å². The number of hydrogen-bond acceptors (Lipinski definition) is 6. The summed E-state index contributed by atoms with van der Waals surface area (Å²) in [5, 5.41) is 0. The monoisotopic (exact) mass is 282 g/mol. The van der Waals surface area contributed by atoms with Crippen LogP contribution in [0.25, 0.3) is 0 Å². The van der Waals surface area contributed by atoms with Gasteiger partial charge in [-0.05, 0) is 20.8 Å². The SMILES string of the molecule is C=C(C)C(=O)OC1C2OC(C)(C)OC1C1CC2OC1=O. The minimum atomic E-state index is -0.827. The van der Waals surface area contributed by atoms with Crippen molar-refractivity contribution in [1.29, 1.82) is 0 Å². The van der Waals surface area contributed by atoms with E-state index >= 15 is 0 Å². The molecule has 0 amide bonds. The first-order chi connectivity index (χ1) is 9.28. The molecule has 3 aliphatic rings. The van der Waals surface area contributed by atoms with Crippen LogP contribution >= 0.6 is 0 Å². The molecule has 1 aliphatic carbocycles. The average Bonchev–Trinajstić information content (AvgIpc) is 2.68. The lowest BCUT2D eigenvalue weighted by atomic mass is 9.81. The number of hydrogen-bond donors (Lipinski definition) is 0. The first-order valence-corrected chi connectivity index (χ1v) is 6.71. The maximum atomic E-state index is 11.9. The van der Waals surface area contributed by atoms with Crippen molar-refractivity contribution in [2.45, 2.75) is 57.4 Å². The Morgan fingerprint density at radius 2 is 2.00 bits per heavy atom.